The Bertz CT molecular complexity index is 81.0. The fourth-order valence-electron chi connectivity index (χ4n) is 0.0909. The van der Waals surface area contributed by atoms with Gasteiger partial charge < -0.3 is 4.74 Å². The van der Waals surface area contributed by atoms with Crippen molar-refractivity contribution in [2.24, 2.45) is 0 Å². The van der Waals surface area contributed by atoms with Gasteiger partial charge in [-0.15, -0.1) is 0 Å². The molecule has 0 aromatic rings. The largest absolute Gasteiger partial charge is 0.422 e. The van der Waals surface area contributed by atoms with Crippen molar-refractivity contribution < 1.29 is 9.53 Å². The summed E-state index contributed by atoms with van der Waals surface area (Å²) in [5, 5.41) is 0. The van der Waals surface area contributed by atoms with Crippen molar-refractivity contribution in [3.05, 3.63) is 0 Å². The molecule has 0 amide bonds. The predicted octanol–water partition coefficient (Wildman–Crippen LogP) is 0.417. The molecule has 0 aromatic heterocycles. The van der Waals surface area contributed by atoms with Crippen molar-refractivity contribution in [1.82, 2.24) is 0 Å². The summed E-state index contributed by atoms with van der Waals surface area (Å²) in [6.45, 7) is 0. The van der Waals surface area contributed by atoms with Crippen molar-refractivity contribution in [2.45, 2.75) is 0 Å². The maximum atomic E-state index is 10.0. The molecule has 0 fully saturated rings. The summed E-state index contributed by atoms with van der Waals surface area (Å²) in [4.78, 5) is 10.0. The first kappa shape index (κ1) is 6.91. The van der Waals surface area contributed by atoms with Gasteiger partial charge in [0.1, 0.15) is 0 Å². The molecular formula is C3H4O2S2. The predicted molar refractivity (Wildman–Crippen MR) is 33.6 cm³/mol. The molecule has 4 heteroatoms. The molecule has 0 atom stereocenters. The van der Waals surface area contributed by atoms with E-state index >= 15 is 0 Å². The van der Waals surface area contributed by atoms with Gasteiger partial charge in [-0.25, -0.2) is 0 Å². The zero-order valence-electron chi connectivity index (χ0n) is 3.46. The summed E-state index contributed by atoms with van der Waals surface area (Å²) in [6, 6.07) is 0. The van der Waals surface area contributed by atoms with E-state index in [1.807, 2.05) is 0 Å². The van der Waals surface area contributed by atoms with Gasteiger partial charge in [-0.1, -0.05) is 0 Å². The molecule has 0 heterocycles. The highest BCUT2D eigenvalue weighted by atomic mass is 32.1. The van der Waals surface area contributed by atoms with Crippen LogP contribution in [0.3, 0.4) is 0 Å². The number of carbonyl (C=O) groups is 1. The van der Waals surface area contributed by atoms with Gasteiger partial charge in [-0.2, -0.15) is 12.6 Å². The van der Waals surface area contributed by atoms with Crippen LogP contribution in [0.25, 0.3) is 0 Å². The standard InChI is InChI=1S/C3H4O2S2/c4-3(1-6)5-2-7/h2,6H,1H2. The molecule has 2 nitrogen and oxygen atoms in total. The number of rotatable bonds is 2. The van der Waals surface area contributed by atoms with Gasteiger partial charge in [0.2, 0.25) is 0 Å². The van der Waals surface area contributed by atoms with Gasteiger partial charge in [0.15, 0.2) is 5.55 Å². The molecule has 0 saturated heterocycles. The third-order valence-corrected chi connectivity index (χ3v) is 0.663. The number of ether oxygens (including phenoxy) is 1. The van der Waals surface area contributed by atoms with E-state index in [-0.39, 0.29) is 5.75 Å². The van der Waals surface area contributed by atoms with Crippen molar-refractivity contribution in [1.29, 1.82) is 0 Å². The van der Waals surface area contributed by atoms with Crippen LogP contribution in [-0.4, -0.2) is 17.3 Å². The Morgan fingerprint density at radius 2 is 2.57 bits per heavy atom. The molecule has 0 N–H and O–H groups in total. The van der Waals surface area contributed by atoms with E-state index in [4.69, 9.17) is 0 Å². The van der Waals surface area contributed by atoms with Crippen molar-refractivity contribution in [3.8, 4) is 0 Å². The third-order valence-electron chi connectivity index (χ3n) is 0.309. The highest BCUT2D eigenvalue weighted by molar-refractivity contribution is 7.81. The lowest BCUT2D eigenvalue weighted by molar-refractivity contribution is -0.131. The molecule has 0 aliphatic heterocycles. The molecule has 0 unspecified atom stereocenters. The number of hydrogen-bond acceptors (Lipinski definition) is 4. The zero-order valence-corrected chi connectivity index (χ0v) is 5.17. The fraction of sp³-hybridized carbons (Fsp3) is 0.333. The van der Waals surface area contributed by atoms with Crippen LogP contribution >= 0.6 is 24.8 Å². The topological polar surface area (TPSA) is 26.3 Å². The fourth-order valence-corrected chi connectivity index (χ4v) is 0.273. The Morgan fingerprint density at radius 1 is 2.00 bits per heavy atom. The first-order valence-electron chi connectivity index (χ1n) is 1.55. The minimum absolute atomic E-state index is 0.0765. The molecule has 40 valence electrons. The number of carbonyl (C=O) groups excluding carboxylic acids is 1. The summed E-state index contributed by atoms with van der Waals surface area (Å²) in [5.74, 6) is -0.342. The minimum Gasteiger partial charge on any atom is -0.422 e. The first-order valence-corrected chi connectivity index (χ1v) is 2.65. The molecule has 0 aliphatic carbocycles. The maximum absolute atomic E-state index is 10.0. The summed E-state index contributed by atoms with van der Waals surface area (Å²) >= 11 is 7.80. The van der Waals surface area contributed by atoms with Crippen LogP contribution in [0.2, 0.25) is 0 Å². The number of thiocarbonyl (C=S) groups is 1. The highest BCUT2D eigenvalue weighted by Crippen LogP contribution is 1.76. The van der Waals surface area contributed by atoms with E-state index in [1.54, 1.807) is 0 Å². The number of hydrogen-bond donors (Lipinski definition) is 1. The van der Waals surface area contributed by atoms with Crippen LogP contribution in [0.1, 0.15) is 0 Å². The van der Waals surface area contributed by atoms with E-state index in [9.17, 15) is 4.79 Å². The number of esters is 1. The average molecular weight is 136 g/mol. The maximum Gasteiger partial charge on any atom is 0.321 e. The highest BCUT2D eigenvalue weighted by Gasteiger charge is 1.91. The summed E-state index contributed by atoms with van der Waals surface area (Å²) < 4.78 is 4.17. The second-order valence-corrected chi connectivity index (χ2v) is 1.25. The van der Waals surface area contributed by atoms with Gasteiger partial charge in [-0.05, 0) is 12.2 Å². The van der Waals surface area contributed by atoms with Gasteiger partial charge in [0.25, 0.3) is 0 Å². The van der Waals surface area contributed by atoms with E-state index in [2.05, 4.69) is 29.6 Å². The summed E-state index contributed by atoms with van der Waals surface area (Å²) in [5.41, 5.74) is 0.915. The van der Waals surface area contributed by atoms with E-state index < -0.39 is 5.97 Å². The molecule has 0 spiro atoms. The summed E-state index contributed by atoms with van der Waals surface area (Å²) in [7, 11) is 0. The monoisotopic (exact) mass is 136 g/mol. The minimum atomic E-state index is -0.418. The van der Waals surface area contributed by atoms with Crippen LogP contribution in [0.15, 0.2) is 0 Å². The zero-order chi connectivity index (χ0) is 5.70. The van der Waals surface area contributed by atoms with Crippen LogP contribution in [-0.2, 0) is 9.53 Å². The van der Waals surface area contributed by atoms with Crippen LogP contribution < -0.4 is 0 Å². The lowest BCUT2D eigenvalue weighted by Crippen LogP contribution is -2.01. The van der Waals surface area contributed by atoms with Gasteiger partial charge in [0, 0.05) is 0 Å². The number of thiol groups is 1. The average Bonchev–Trinajstić information content (AvgIpc) is 1.68. The molecule has 0 radical (unpaired) electrons. The van der Waals surface area contributed by atoms with Crippen molar-refractivity contribution >= 4 is 36.4 Å². The van der Waals surface area contributed by atoms with Gasteiger partial charge >= 0.3 is 5.97 Å². The third kappa shape index (κ3) is 3.75. The lowest BCUT2D eigenvalue weighted by atomic mass is 10.8. The molecule has 0 rings (SSSR count). The molecule has 7 heavy (non-hydrogen) atoms. The summed E-state index contributed by atoms with van der Waals surface area (Å²) in [6.07, 6.45) is 0. The van der Waals surface area contributed by atoms with E-state index in [1.165, 1.54) is 0 Å². The molecule has 0 aliphatic rings. The van der Waals surface area contributed by atoms with Gasteiger partial charge in [0.05, 0.1) is 5.75 Å². The van der Waals surface area contributed by atoms with E-state index in [0.717, 1.165) is 5.55 Å². The Morgan fingerprint density at radius 3 is 2.71 bits per heavy atom. The SMILES string of the molecule is O=C(CS)OC=S. The van der Waals surface area contributed by atoms with E-state index in [0.29, 0.717) is 0 Å². The Kier molecular flexibility index (Phi) is 4.03. The molecule has 0 aromatic carbocycles. The van der Waals surface area contributed by atoms with Crippen LogP contribution in [0.4, 0.5) is 0 Å². The molecule has 0 bridgehead atoms. The second-order valence-electron chi connectivity index (χ2n) is 0.744. The Labute approximate surface area is 52.3 Å². The molecule has 0 saturated carbocycles. The quantitative estimate of drug-likeness (QED) is 0.338. The Hall–Kier alpha value is -0.0900. The van der Waals surface area contributed by atoms with Crippen LogP contribution in [0, 0.1) is 0 Å². The second kappa shape index (κ2) is 4.08. The lowest BCUT2D eigenvalue weighted by Gasteiger charge is -1.87. The molecular weight excluding hydrogens is 132 g/mol. The van der Waals surface area contributed by atoms with Crippen molar-refractivity contribution in [3.63, 3.8) is 0 Å². The normalized spacial score (nSPS) is 7.57. The van der Waals surface area contributed by atoms with Gasteiger partial charge in [-0.3, -0.25) is 4.79 Å². The van der Waals surface area contributed by atoms with Crippen molar-refractivity contribution in [2.75, 3.05) is 5.75 Å². The Balaban J connectivity index is 3.17. The smallest absolute Gasteiger partial charge is 0.321 e. The van der Waals surface area contributed by atoms with Crippen LogP contribution in [0.5, 0.6) is 0 Å². The first-order chi connectivity index (χ1) is 3.31.